The first-order chi connectivity index (χ1) is 5.56. The molecule has 0 amide bonds. The van der Waals surface area contributed by atoms with Gasteiger partial charge in [-0.3, -0.25) is 0 Å². The molecule has 1 nitrogen and oxygen atoms in total. The molecule has 70 valence electrons. The van der Waals surface area contributed by atoms with Crippen LogP contribution in [0.25, 0.3) is 0 Å². The van der Waals surface area contributed by atoms with Gasteiger partial charge in [-0.2, -0.15) is 0 Å². The lowest BCUT2D eigenvalue weighted by Crippen LogP contribution is -1.92. The maximum absolute atomic E-state index is 8.78. The van der Waals surface area contributed by atoms with Crippen molar-refractivity contribution in [2.45, 2.75) is 34.1 Å². The minimum absolute atomic E-state index is 0.180. The first-order valence-electron chi connectivity index (χ1n) is 4.47. The van der Waals surface area contributed by atoms with Crippen molar-refractivity contribution >= 4 is 0 Å². The standard InChI is InChI=1S/C11H20O/c1-9(2)5-6-10(3)7-11(4)8-12/h5,7,10,12H,6,8H2,1-4H3/b11-7-. The molecule has 0 rings (SSSR count). The summed E-state index contributed by atoms with van der Waals surface area (Å²) in [5, 5.41) is 8.78. The molecule has 0 aromatic carbocycles. The summed E-state index contributed by atoms with van der Waals surface area (Å²) < 4.78 is 0. The van der Waals surface area contributed by atoms with E-state index < -0.39 is 0 Å². The van der Waals surface area contributed by atoms with E-state index in [0.29, 0.717) is 5.92 Å². The summed E-state index contributed by atoms with van der Waals surface area (Å²) in [6.07, 6.45) is 5.42. The summed E-state index contributed by atoms with van der Waals surface area (Å²) in [7, 11) is 0. The third-order valence-corrected chi connectivity index (χ3v) is 1.72. The van der Waals surface area contributed by atoms with Gasteiger partial charge in [0.15, 0.2) is 0 Å². The molecule has 0 aromatic heterocycles. The van der Waals surface area contributed by atoms with E-state index in [4.69, 9.17) is 5.11 Å². The summed E-state index contributed by atoms with van der Waals surface area (Å²) in [6, 6.07) is 0. The van der Waals surface area contributed by atoms with E-state index in [1.54, 1.807) is 0 Å². The molecule has 1 atom stereocenters. The monoisotopic (exact) mass is 168 g/mol. The zero-order chi connectivity index (χ0) is 9.56. The lowest BCUT2D eigenvalue weighted by atomic mass is 10.0. The molecule has 0 fully saturated rings. The third-order valence-electron chi connectivity index (χ3n) is 1.72. The highest BCUT2D eigenvalue weighted by Crippen LogP contribution is 2.09. The second-order valence-electron chi connectivity index (χ2n) is 3.67. The van der Waals surface area contributed by atoms with E-state index >= 15 is 0 Å². The number of aliphatic hydroxyl groups excluding tert-OH is 1. The molecule has 0 aromatic rings. The van der Waals surface area contributed by atoms with E-state index in [9.17, 15) is 0 Å². The molecule has 0 aliphatic rings. The Hall–Kier alpha value is -0.560. The highest BCUT2D eigenvalue weighted by atomic mass is 16.3. The van der Waals surface area contributed by atoms with E-state index in [1.807, 2.05) is 6.92 Å². The van der Waals surface area contributed by atoms with Crippen LogP contribution in [0.4, 0.5) is 0 Å². The number of allylic oxidation sites excluding steroid dienone is 3. The molecule has 0 bridgehead atoms. The third kappa shape index (κ3) is 6.17. The van der Waals surface area contributed by atoms with Crippen LogP contribution in [0.15, 0.2) is 23.3 Å². The maximum atomic E-state index is 8.78. The Morgan fingerprint density at radius 1 is 1.33 bits per heavy atom. The number of rotatable bonds is 4. The second kappa shape index (κ2) is 6.01. The fraction of sp³-hybridized carbons (Fsp3) is 0.636. The summed E-state index contributed by atoms with van der Waals surface area (Å²) in [4.78, 5) is 0. The van der Waals surface area contributed by atoms with Crippen molar-refractivity contribution in [3.8, 4) is 0 Å². The van der Waals surface area contributed by atoms with Crippen molar-refractivity contribution in [1.29, 1.82) is 0 Å². The molecule has 1 N–H and O–H groups in total. The van der Waals surface area contributed by atoms with E-state index in [2.05, 4.69) is 32.9 Å². The van der Waals surface area contributed by atoms with Gasteiger partial charge in [-0.15, -0.1) is 0 Å². The van der Waals surface area contributed by atoms with Crippen LogP contribution >= 0.6 is 0 Å². The van der Waals surface area contributed by atoms with Crippen molar-refractivity contribution in [1.82, 2.24) is 0 Å². The Balaban J connectivity index is 3.89. The zero-order valence-corrected chi connectivity index (χ0v) is 8.59. The van der Waals surface area contributed by atoms with Crippen molar-refractivity contribution in [3.05, 3.63) is 23.3 Å². The molecule has 1 heteroatoms. The fourth-order valence-corrected chi connectivity index (χ4v) is 1.03. The minimum atomic E-state index is 0.180. The predicted octanol–water partition coefficient (Wildman–Crippen LogP) is 2.92. The van der Waals surface area contributed by atoms with Crippen molar-refractivity contribution < 1.29 is 5.11 Å². The number of hydrogen-bond acceptors (Lipinski definition) is 1. The lowest BCUT2D eigenvalue weighted by Gasteiger charge is -2.04. The normalized spacial score (nSPS) is 14.2. The topological polar surface area (TPSA) is 20.2 Å². The summed E-state index contributed by atoms with van der Waals surface area (Å²) in [6.45, 7) is 8.52. The molecule has 0 saturated carbocycles. The van der Waals surface area contributed by atoms with Crippen LogP contribution in [0.2, 0.25) is 0 Å². The molecular formula is C11H20O. The van der Waals surface area contributed by atoms with Crippen molar-refractivity contribution in [2.75, 3.05) is 6.61 Å². The van der Waals surface area contributed by atoms with Crippen molar-refractivity contribution in [2.24, 2.45) is 5.92 Å². The molecule has 0 spiro atoms. The zero-order valence-electron chi connectivity index (χ0n) is 8.59. The Morgan fingerprint density at radius 2 is 1.92 bits per heavy atom. The van der Waals surface area contributed by atoms with Crippen LogP contribution in [-0.4, -0.2) is 11.7 Å². The molecule has 0 saturated heterocycles. The summed E-state index contributed by atoms with van der Waals surface area (Å²) in [5.41, 5.74) is 2.42. The van der Waals surface area contributed by atoms with Gasteiger partial charge >= 0.3 is 0 Å². The molecular weight excluding hydrogens is 148 g/mol. The van der Waals surface area contributed by atoms with Crippen LogP contribution in [-0.2, 0) is 0 Å². The van der Waals surface area contributed by atoms with Gasteiger partial charge in [-0.1, -0.05) is 30.2 Å². The molecule has 0 radical (unpaired) electrons. The first kappa shape index (κ1) is 11.4. The van der Waals surface area contributed by atoms with E-state index in [1.165, 1.54) is 5.57 Å². The maximum Gasteiger partial charge on any atom is 0.0639 e. The molecule has 0 aliphatic heterocycles. The highest BCUT2D eigenvalue weighted by molar-refractivity contribution is 5.03. The summed E-state index contributed by atoms with van der Waals surface area (Å²) in [5.74, 6) is 0.534. The van der Waals surface area contributed by atoms with Gasteiger partial charge in [0.1, 0.15) is 0 Å². The van der Waals surface area contributed by atoms with Crippen molar-refractivity contribution in [3.63, 3.8) is 0 Å². The Kier molecular flexibility index (Phi) is 5.73. The van der Waals surface area contributed by atoms with Gasteiger partial charge in [0.2, 0.25) is 0 Å². The van der Waals surface area contributed by atoms with Crippen LogP contribution < -0.4 is 0 Å². The minimum Gasteiger partial charge on any atom is -0.392 e. The molecule has 0 heterocycles. The molecule has 12 heavy (non-hydrogen) atoms. The quantitative estimate of drug-likeness (QED) is 0.640. The fourth-order valence-electron chi connectivity index (χ4n) is 1.03. The van der Waals surface area contributed by atoms with Crippen LogP contribution in [0.1, 0.15) is 34.1 Å². The van der Waals surface area contributed by atoms with Crippen LogP contribution in [0.5, 0.6) is 0 Å². The Morgan fingerprint density at radius 3 is 2.33 bits per heavy atom. The van der Waals surface area contributed by atoms with Gasteiger partial charge in [0.25, 0.3) is 0 Å². The van der Waals surface area contributed by atoms with Gasteiger partial charge in [0, 0.05) is 0 Å². The Bertz CT molecular complexity index is 173. The van der Waals surface area contributed by atoms with Gasteiger partial charge in [0.05, 0.1) is 6.61 Å². The van der Waals surface area contributed by atoms with Gasteiger partial charge < -0.3 is 5.11 Å². The lowest BCUT2D eigenvalue weighted by molar-refractivity contribution is 0.330. The molecule has 1 unspecified atom stereocenters. The van der Waals surface area contributed by atoms with Crippen LogP contribution in [0.3, 0.4) is 0 Å². The average Bonchev–Trinajstić information content (AvgIpc) is 2.00. The Labute approximate surface area is 75.8 Å². The predicted molar refractivity (Wildman–Crippen MR) is 54.1 cm³/mol. The SMILES string of the molecule is CC(C)=CCC(C)/C=C(/C)CO. The highest BCUT2D eigenvalue weighted by Gasteiger charge is 1.95. The smallest absolute Gasteiger partial charge is 0.0639 e. The van der Waals surface area contributed by atoms with Crippen LogP contribution in [0, 0.1) is 5.92 Å². The summed E-state index contributed by atoms with van der Waals surface area (Å²) >= 11 is 0. The van der Waals surface area contributed by atoms with E-state index in [-0.39, 0.29) is 6.61 Å². The van der Waals surface area contributed by atoms with E-state index in [0.717, 1.165) is 12.0 Å². The van der Waals surface area contributed by atoms with Gasteiger partial charge in [-0.05, 0) is 33.1 Å². The number of hydrogen-bond donors (Lipinski definition) is 1. The first-order valence-corrected chi connectivity index (χ1v) is 4.47. The average molecular weight is 168 g/mol. The van der Waals surface area contributed by atoms with Gasteiger partial charge in [-0.25, -0.2) is 0 Å². The second-order valence-corrected chi connectivity index (χ2v) is 3.67. The largest absolute Gasteiger partial charge is 0.392 e. The number of aliphatic hydroxyl groups is 1. The molecule has 0 aliphatic carbocycles.